The fourth-order valence-electron chi connectivity index (χ4n) is 2.31. The van der Waals surface area contributed by atoms with Crippen molar-refractivity contribution in [2.45, 2.75) is 19.7 Å². The van der Waals surface area contributed by atoms with Crippen LogP contribution in [0.3, 0.4) is 0 Å². The summed E-state index contributed by atoms with van der Waals surface area (Å²) in [6, 6.07) is 10.8. The molecule has 1 aromatic carbocycles. The number of halogens is 3. The molecule has 0 unspecified atom stereocenters. The summed E-state index contributed by atoms with van der Waals surface area (Å²) in [5.74, 6) is -0.359. The molecule has 0 bridgehead atoms. The lowest BCUT2D eigenvalue weighted by atomic mass is 10.2. The van der Waals surface area contributed by atoms with Crippen LogP contribution in [0.2, 0.25) is 0 Å². The van der Waals surface area contributed by atoms with E-state index in [4.69, 9.17) is 0 Å². The van der Waals surface area contributed by atoms with Crippen molar-refractivity contribution < 1.29 is 22.7 Å². The van der Waals surface area contributed by atoms with Gasteiger partial charge in [0.05, 0.1) is 17.8 Å². The highest BCUT2D eigenvalue weighted by atomic mass is 32.1. The Bertz CT molecular complexity index is 975. The number of alkyl halides is 3. The van der Waals surface area contributed by atoms with Crippen LogP contribution < -0.4 is 15.4 Å². The van der Waals surface area contributed by atoms with Gasteiger partial charge in [0.1, 0.15) is 5.82 Å². The van der Waals surface area contributed by atoms with Gasteiger partial charge in [-0.25, -0.2) is 9.97 Å². The number of carbonyl (C=O) groups is 1. The van der Waals surface area contributed by atoms with Crippen molar-refractivity contribution in [3.63, 3.8) is 0 Å². The van der Waals surface area contributed by atoms with E-state index in [0.717, 1.165) is 11.8 Å². The zero-order valence-corrected chi connectivity index (χ0v) is 15.4. The van der Waals surface area contributed by atoms with Crippen LogP contribution >= 0.6 is 11.3 Å². The smallest absolute Gasteiger partial charge is 0.404 e. The van der Waals surface area contributed by atoms with Crippen LogP contribution in [0.25, 0.3) is 0 Å². The number of pyridine rings is 1. The highest BCUT2D eigenvalue weighted by molar-refractivity contribution is 7.13. The molecule has 10 heteroatoms. The monoisotopic (exact) mass is 408 g/mol. The first kappa shape index (κ1) is 19.6. The van der Waals surface area contributed by atoms with Crippen molar-refractivity contribution in [1.82, 2.24) is 9.97 Å². The molecule has 2 heterocycles. The van der Waals surface area contributed by atoms with Gasteiger partial charge in [0.2, 0.25) is 5.91 Å². The van der Waals surface area contributed by atoms with Gasteiger partial charge in [0.25, 0.3) is 0 Å². The first-order valence-corrected chi connectivity index (χ1v) is 8.96. The number of para-hydroxylation sites is 2. The summed E-state index contributed by atoms with van der Waals surface area (Å²) < 4.78 is 41.3. The Labute approximate surface area is 162 Å². The van der Waals surface area contributed by atoms with Gasteiger partial charge >= 0.3 is 6.36 Å². The van der Waals surface area contributed by atoms with E-state index in [1.807, 2.05) is 19.1 Å². The Morgan fingerprint density at radius 1 is 1.14 bits per heavy atom. The Morgan fingerprint density at radius 2 is 1.93 bits per heavy atom. The van der Waals surface area contributed by atoms with E-state index in [2.05, 4.69) is 25.3 Å². The maximum absolute atomic E-state index is 12.5. The van der Waals surface area contributed by atoms with Gasteiger partial charge < -0.3 is 15.4 Å². The number of carbonyl (C=O) groups excluding carboxylic acids is 1. The van der Waals surface area contributed by atoms with E-state index in [-0.39, 0.29) is 12.1 Å². The van der Waals surface area contributed by atoms with Crippen LogP contribution in [-0.2, 0) is 11.2 Å². The van der Waals surface area contributed by atoms with Gasteiger partial charge in [-0.3, -0.25) is 4.79 Å². The molecule has 0 atom stereocenters. The lowest BCUT2D eigenvalue weighted by Crippen LogP contribution is -2.20. The molecule has 146 valence electrons. The molecule has 0 aliphatic rings. The molecular formula is C18H15F3N4O2S. The normalized spacial score (nSPS) is 11.1. The van der Waals surface area contributed by atoms with E-state index in [1.54, 1.807) is 11.4 Å². The summed E-state index contributed by atoms with van der Waals surface area (Å²) >= 11 is 1.29. The Hall–Kier alpha value is -3.14. The predicted molar refractivity (Wildman–Crippen MR) is 99.8 cm³/mol. The van der Waals surface area contributed by atoms with Crippen molar-refractivity contribution >= 4 is 33.9 Å². The largest absolute Gasteiger partial charge is 0.573 e. The molecule has 3 aromatic rings. The van der Waals surface area contributed by atoms with Gasteiger partial charge in [0, 0.05) is 11.1 Å². The summed E-state index contributed by atoms with van der Waals surface area (Å²) in [7, 11) is 0. The average Bonchev–Trinajstić information content (AvgIpc) is 3.02. The molecule has 0 fully saturated rings. The van der Waals surface area contributed by atoms with Crippen molar-refractivity contribution in [3.8, 4) is 5.75 Å². The van der Waals surface area contributed by atoms with E-state index in [0.29, 0.717) is 16.6 Å². The number of anilines is 3. The van der Waals surface area contributed by atoms with Crippen molar-refractivity contribution in [2.75, 3.05) is 10.6 Å². The zero-order chi connectivity index (χ0) is 20.1. The van der Waals surface area contributed by atoms with Gasteiger partial charge in [-0.1, -0.05) is 18.2 Å². The van der Waals surface area contributed by atoms with Crippen LogP contribution in [0.5, 0.6) is 5.75 Å². The molecule has 28 heavy (non-hydrogen) atoms. The molecule has 0 spiro atoms. The summed E-state index contributed by atoms with van der Waals surface area (Å²) in [4.78, 5) is 20.8. The number of thiazole rings is 1. The average molecular weight is 408 g/mol. The zero-order valence-electron chi connectivity index (χ0n) is 14.6. The second-order valence-corrected chi connectivity index (χ2v) is 6.56. The van der Waals surface area contributed by atoms with Crippen molar-refractivity contribution in [1.29, 1.82) is 0 Å². The lowest BCUT2D eigenvalue weighted by Gasteiger charge is -2.13. The molecule has 2 N–H and O–H groups in total. The van der Waals surface area contributed by atoms with Crippen LogP contribution in [0, 0.1) is 6.92 Å². The summed E-state index contributed by atoms with van der Waals surface area (Å²) in [6.45, 7) is 1.86. The first-order valence-electron chi connectivity index (χ1n) is 8.08. The molecule has 2 aromatic heterocycles. The third-order valence-electron chi connectivity index (χ3n) is 3.40. The van der Waals surface area contributed by atoms with E-state index >= 15 is 0 Å². The van der Waals surface area contributed by atoms with E-state index < -0.39 is 18.0 Å². The molecule has 0 radical (unpaired) electrons. The molecular weight excluding hydrogens is 393 g/mol. The van der Waals surface area contributed by atoms with Crippen LogP contribution in [-0.4, -0.2) is 22.2 Å². The second-order valence-electron chi connectivity index (χ2n) is 5.70. The van der Waals surface area contributed by atoms with Crippen molar-refractivity contribution in [3.05, 3.63) is 59.2 Å². The molecule has 0 aliphatic carbocycles. The molecule has 6 nitrogen and oxygen atoms in total. The maximum Gasteiger partial charge on any atom is 0.573 e. The number of nitrogens with zero attached hydrogens (tertiary/aromatic N) is 2. The van der Waals surface area contributed by atoms with Crippen molar-refractivity contribution in [2.24, 2.45) is 0 Å². The number of hydrogen-bond donors (Lipinski definition) is 2. The fraction of sp³-hybridized carbons (Fsp3) is 0.167. The minimum absolute atomic E-state index is 0.0673. The molecule has 3 rings (SSSR count). The Morgan fingerprint density at radius 3 is 2.68 bits per heavy atom. The van der Waals surface area contributed by atoms with Crippen LogP contribution in [0.15, 0.2) is 47.8 Å². The fourth-order valence-corrected chi connectivity index (χ4v) is 3.03. The molecule has 1 amide bonds. The molecule has 0 saturated heterocycles. The van der Waals surface area contributed by atoms with Crippen LogP contribution in [0.1, 0.15) is 11.4 Å². The number of hydrogen-bond acceptors (Lipinski definition) is 6. The third-order valence-corrected chi connectivity index (χ3v) is 4.21. The topological polar surface area (TPSA) is 76.1 Å². The number of amides is 1. The number of ether oxygens (including phenoxy) is 1. The van der Waals surface area contributed by atoms with Gasteiger partial charge in [-0.05, 0) is 31.2 Å². The first-order chi connectivity index (χ1) is 13.3. The number of rotatable bonds is 6. The van der Waals surface area contributed by atoms with Gasteiger partial charge in [-0.15, -0.1) is 24.5 Å². The lowest BCUT2D eigenvalue weighted by molar-refractivity contribution is -0.274. The van der Waals surface area contributed by atoms with E-state index in [9.17, 15) is 18.0 Å². The number of aromatic nitrogens is 2. The SMILES string of the molecule is Cc1cccc(Nc2nc(CC(=O)Nc3ccccc3OC(F)(F)F)cs2)n1. The summed E-state index contributed by atoms with van der Waals surface area (Å²) in [5, 5.41) is 7.71. The van der Waals surface area contributed by atoms with Gasteiger partial charge in [-0.2, -0.15) is 0 Å². The maximum atomic E-state index is 12.5. The molecule has 0 aliphatic heterocycles. The standard InChI is InChI=1S/C18H15F3N4O2S/c1-11-5-4-8-15(22-11)25-17-23-12(10-28-17)9-16(26)24-13-6-2-3-7-14(13)27-18(19,20)21/h2-8,10H,9H2,1H3,(H,24,26)(H,22,23,25). The Kier molecular flexibility index (Phi) is 5.78. The highest BCUT2D eigenvalue weighted by Gasteiger charge is 2.32. The quantitative estimate of drug-likeness (QED) is 0.620. The van der Waals surface area contributed by atoms with Gasteiger partial charge in [0.15, 0.2) is 10.9 Å². The number of benzene rings is 1. The number of nitrogens with one attached hydrogen (secondary N) is 2. The van der Waals surface area contributed by atoms with Crippen LogP contribution in [0.4, 0.5) is 29.8 Å². The number of aryl methyl sites for hydroxylation is 1. The third kappa shape index (κ3) is 5.68. The highest BCUT2D eigenvalue weighted by Crippen LogP contribution is 2.30. The van der Waals surface area contributed by atoms with E-state index in [1.165, 1.54) is 29.5 Å². The Balaban J connectivity index is 1.62. The summed E-state index contributed by atoms with van der Waals surface area (Å²) in [6.07, 6.45) is -4.94. The second kappa shape index (κ2) is 8.26. The minimum Gasteiger partial charge on any atom is -0.404 e. The summed E-state index contributed by atoms with van der Waals surface area (Å²) in [5.41, 5.74) is 1.26. The minimum atomic E-state index is -4.85. The predicted octanol–water partition coefficient (Wildman–Crippen LogP) is 4.67. The molecule has 0 saturated carbocycles.